The number of nitrogens with zero attached hydrogens (tertiary/aromatic N) is 2. The lowest BCUT2D eigenvalue weighted by Crippen LogP contribution is -2.39. The van der Waals surface area contributed by atoms with Crippen molar-refractivity contribution < 1.29 is 19.4 Å². The Morgan fingerprint density at radius 1 is 1.15 bits per heavy atom. The topological polar surface area (TPSA) is 79.2 Å². The van der Waals surface area contributed by atoms with E-state index in [1.165, 1.54) is 12.1 Å². The minimum Gasteiger partial charge on any atom is -0.508 e. The number of benzene rings is 2. The van der Waals surface area contributed by atoms with E-state index in [1.54, 1.807) is 56.3 Å². The van der Waals surface area contributed by atoms with E-state index in [0.717, 1.165) is 10.6 Å². The van der Waals surface area contributed by atoms with Crippen LogP contribution in [0.2, 0.25) is 0 Å². The minimum atomic E-state index is -0.856. The number of carbonyl (C=O) groups excluding carboxylic acids is 2. The molecule has 0 aromatic heterocycles. The quantitative estimate of drug-likeness (QED) is 0.860. The number of amides is 2. The third kappa shape index (κ3) is 3.64. The van der Waals surface area contributed by atoms with Gasteiger partial charge in [0.1, 0.15) is 11.5 Å². The van der Waals surface area contributed by atoms with Gasteiger partial charge in [0, 0.05) is 0 Å². The molecule has 1 aliphatic rings. The van der Waals surface area contributed by atoms with Gasteiger partial charge in [-0.3, -0.25) is 9.59 Å². The minimum absolute atomic E-state index is 0.138. The number of phenols is 1. The van der Waals surface area contributed by atoms with E-state index >= 15 is 0 Å². The molecule has 2 amide bonds. The summed E-state index contributed by atoms with van der Waals surface area (Å²) in [5, 5.41) is 14.3. The molecule has 6 heteroatoms. The van der Waals surface area contributed by atoms with E-state index in [4.69, 9.17) is 4.74 Å². The number of para-hydroxylation sites is 1. The van der Waals surface area contributed by atoms with Crippen LogP contribution >= 0.6 is 0 Å². The highest BCUT2D eigenvalue weighted by Crippen LogP contribution is 2.21. The summed E-state index contributed by atoms with van der Waals surface area (Å²) in [7, 11) is 0. The lowest BCUT2D eigenvalue weighted by molar-refractivity contribution is -0.146. The molecule has 3 rings (SSSR count). The number of ether oxygens (including phenoxy) is 1. The van der Waals surface area contributed by atoms with Gasteiger partial charge in [-0.25, -0.2) is 0 Å². The lowest BCUT2D eigenvalue weighted by atomic mass is 10.1. The first-order valence-corrected chi connectivity index (χ1v) is 8.12. The van der Waals surface area contributed by atoms with Gasteiger partial charge < -0.3 is 9.84 Å². The summed E-state index contributed by atoms with van der Waals surface area (Å²) in [6, 6.07) is 15.3. The smallest absolute Gasteiger partial charge is 0.290 e. The van der Waals surface area contributed by atoms with Crippen molar-refractivity contribution in [3.63, 3.8) is 0 Å². The van der Waals surface area contributed by atoms with Gasteiger partial charge in [0.05, 0.1) is 11.3 Å². The Balaban J connectivity index is 1.76. The van der Waals surface area contributed by atoms with Crippen molar-refractivity contribution in [2.24, 2.45) is 5.10 Å². The van der Waals surface area contributed by atoms with Crippen LogP contribution in [-0.4, -0.2) is 33.7 Å². The number of carbonyl (C=O) groups is 2. The number of rotatable bonds is 4. The molecule has 0 aliphatic carbocycles. The van der Waals surface area contributed by atoms with Crippen LogP contribution in [0.3, 0.4) is 0 Å². The van der Waals surface area contributed by atoms with Crippen LogP contribution < -0.4 is 4.74 Å². The Morgan fingerprint density at radius 2 is 1.81 bits per heavy atom. The predicted molar refractivity (Wildman–Crippen MR) is 97.6 cm³/mol. The molecule has 0 saturated heterocycles. The molecule has 26 heavy (non-hydrogen) atoms. The van der Waals surface area contributed by atoms with Gasteiger partial charge in [-0.15, -0.1) is 0 Å². The zero-order valence-electron chi connectivity index (χ0n) is 14.4. The Morgan fingerprint density at radius 3 is 2.46 bits per heavy atom. The van der Waals surface area contributed by atoms with Crippen LogP contribution in [0, 0.1) is 0 Å². The Bertz CT molecular complexity index is 886. The van der Waals surface area contributed by atoms with E-state index in [1.807, 2.05) is 6.07 Å². The SMILES string of the molecule is CC1=NN(C(=O)C(C)Oc2ccccc2)C(=O)/C1=C/c1ccc(O)cc1. The van der Waals surface area contributed by atoms with E-state index in [0.29, 0.717) is 17.0 Å². The predicted octanol–water partition coefficient (Wildman–Crippen LogP) is 2.99. The standard InChI is InChI=1S/C20H18N2O4/c1-13-18(12-15-8-10-16(23)11-9-15)20(25)22(21-13)19(24)14(2)26-17-6-4-3-5-7-17/h3-12,14,23H,1-2H3/b18-12+. The summed E-state index contributed by atoms with van der Waals surface area (Å²) in [4.78, 5) is 25.2. The molecule has 132 valence electrons. The van der Waals surface area contributed by atoms with E-state index in [2.05, 4.69) is 5.10 Å². The molecule has 1 atom stereocenters. The maximum atomic E-state index is 12.6. The third-order valence-corrected chi connectivity index (χ3v) is 3.88. The summed E-state index contributed by atoms with van der Waals surface area (Å²) in [6.45, 7) is 3.25. The van der Waals surface area contributed by atoms with E-state index < -0.39 is 17.9 Å². The maximum Gasteiger partial charge on any atom is 0.290 e. The number of hydrogen-bond acceptors (Lipinski definition) is 5. The molecule has 1 unspecified atom stereocenters. The molecule has 2 aromatic rings. The summed E-state index contributed by atoms with van der Waals surface area (Å²) in [5.41, 5.74) is 1.50. The number of imide groups is 1. The molecular weight excluding hydrogens is 332 g/mol. The largest absolute Gasteiger partial charge is 0.508 e. The van der Waals surface area contributed by atoms with Crippen molar-refractivity contribution in [2.45, 2.75) is 20.0 Å². The van der Waals surface area contributed by atoms with Crippen molar-refractivity contribution in [1.29, 1.82) is 0 Å². The molecule has 2 aromatic carbocycles. The molecule has 0 bridgehead atoms. The van der Waals surface area contributed by atoms with Crippen LogP contribution in [0.1, 0.15) is 19.4 Å². The molecule has 0 fully saturated rings. The monoisotopic (exact) mass is 350 g/mol. The first-order chi connectivity index (χ1) is 12.5. The van der Waals surface area contributed by atoms with Gasteiger partial charge >= 0.3 is 0 Å². The summed E-state index contributed by atoms with van der Waals surface area (Å²) in [5.74, 6) is -0.351. The fourth-order valence-corrected chi connectivity index (χ4v) is 2.50. The molecule has 1 aliphatic heterocycles. The van der Waals surface area contributed by atoms with Crippen LogP contribution in [0.4, 0.5) is 0 Å². The fraction of sp³-hybridized carbons (Fsp3) is 0.150. The van der Waals surface area contributed by atoms with Crippen molar-refractivity contribution in [1.82, 2.24) is 5.01 Å². The van der Waals surface area contributed by atoms with Crippen LogP contribution in [0.25, 0.3) is 6.08 Å². The van der Waals surface area contributed by atoms with Gasteiger partial charge in [-0.1, -0.05) is 30.3 Å². The second-order valence-corrected chi connectivity index (χ2v) is 5.86. The molecule has 1 N–H and O–H groups in total. The second-order valence-electron chi connectivity index (χ2n) is 5.86. The fourth-order valence-electron chi connectivity index (χ4n) is 2.50. The molecule has 0 saturated carbocycles. The van der Waals surface area contributed by atoms with Gasteiger partial charge in [0.2, 0.25) is 0 Å². The molecule has 1 heterocycles. The number of phenolic OH excluding ortho intramolecular Hbond substituents is 1. The van der Waals surface area contributed by atoms with Crippen molar-refractivity contribution in [3.05, 3.63) is 65.7 Å². The average Bonchev–Trinajstić information content (AvgIpc) is 2.92. The van der Waals surface area contributed by atoms with E-state index in [9.17, 15) is 14.7 Å². The summed E-state index contributed by atoms with van der Waals surface area (Å²) in [6.07, 6.45) is 0.780. The Kier molecular flexibility index (Phi) is 4.84. The highest BCUT2D eigenvalue weighted by Gasteiger charge is 2.35. The number of hydrogen-bond donors (Lipinski definition) is 1. The summed E-state index contributed by atoms with van der Waals surface area (Å²) >= 11 is 0. The molecule has 6 nitrogen and oxygen atoms in total. The van der Waals surface area contributed by atoms with Crippen LogP contribution in [-0.2, 0) is 9.59 Å². The van der Waals surface area contributed by atoms with Crippen molar-refractivity contribution >= 4 is 23.6 Å². The first-order valence-electron chi connectivity index (χ1n) is 8.12. The molecular formula is C20H18N2O4. The highest BCUT2D eigenvalue weighted by molar-refractivity contribution is 6.29. The average molecular weight is 350 g/mol. The number of aromatic hydroxyl groups is 1. The Hall–Kier alpha value is -3.41. The molecule has 0 spiro atoms. The summed E-state index contributed by atoms with van der Waals surface area (Å²) < 4.78 is 5.58. The second kappa shape index (κ2) is 7.23. The zero-order chi connectivity index (χ0) is 18.7. The Labute approximate surface area is 151 Å². The van der Waals surface area contributed by atoms with Gasteiger partial charge in [-0.05, 0) is 49.8 Å². The maximum absolute atomic E-state index is 12.6. The highest BCUT2D eigenvalue weighted by atomic mass is 16.5. The van der Waals surface area contributed by atoms with Gasteiger partial charge in [0.25, 0.3) is 11.8 Å². The van der Waals surface area contributed by atoms with Crippen molar-refractivity contribution in [2.75, 3.05) is 0 Å². The zero-order valence-corrected chi connectivity index (χ0v) is 14.4. The van der Waals surface area contributed by atoms with Gasteiger partial charge in [-0.2, -0.15) is 10.1 Å². The normalized spacial score (nSPS) is 16.5. The van der Waals surface area contributed by atoms with E-state index in [-0.39, 0.29) is 5.75 Å². The van der Waals surface area contributed by atoms with Gasteiger partial charge in [0.15, 0.2) is 6.10 Å². The lowest BCUT2D eigenvalue weighted by Gasteiger charge is -2.17. The van der Waals surface area contributed by atoms with Crippen LogP contribution in [0.5, 0.6) is 11.5 Å². The van der Waals surface area contributed by atoms with Crippen LogP contribution in [0.15, 0.2) is 65.3 Å². The van der Waals surface area contributed by atoms with Crippen molar-refractivity contribution in [3.8, 4) is 11.5 Å². The third-order valence-electron chi connectivity index (χ3n) is 3.88. The number of hydrazone groups is 1. The molecule has 0 radical (unpaired) electrons. The first kappa shape index (κ1) is 17.4.